The largest absolute Gasteiger partial charge is 0.383 e. The molecule has 0 spiro atoms. The SMILES string of the molecule is NCc1cccc(N(C(N)=O)c2ccc(-c3csc4c(-c5cccc(C[SH](=O)=O)c5)cnc(N)c34)cc2)c1. The molecule has 0 radical (unpaired) electrons. The lowest BCUT2D eigenvalue weighted by molar-refractivity contribution is 0.256. The number of carbonyl (C=O) groups is 1. The van der Waals surface area contributed by atoms with E-state index >= 15 is 0 Å². The number of primary amides is 1. The van der Waals surface area contributed by atoms with Gasteiger partial charge in [0.05, 0.1) is 17.1 Å². The number of anilines is 3. The molecular formula is C28H25N5O3S2. The van der Waals surface area contributed by atoms with Crippen LogP contribution in [0.1, 0.15) is 11.1 Å². The van der Waals surface area contributed by atoms with E-state index in [9.17, 15) is 13.2 Å². The molecule has 0 saturated heterocycles. The lowest BCUT2D eigenvalue weighted by Gasteiger charge is -2.21. The molecule has 0 unspecified atom stereocenters. The third-order valence-corrected chi connectivity index (χ3v) is 7.87. The van der Waals surface area contributed by atoms with Gasteiger partial charge in [0.15, 0.2) is 0 Å². The Bertz CT molecular complexity index is 1720. The summed E-state index contributed by atoms with van der Waals surface area (Å²) in [5, 5.41) is 2.85. The summed E-state index contributed by atoms with van der Waals surface area (Å²) < 4.78 is 23.4. The first kappa shape index (κ1) is 25.4. The Morgan fingerprint density at radius 2 is 1.63 bits per heavy atom. The highest BCUT2D eigenvalue weighted by molar-refractivity contribution is 7.71. The average Bonchev–Trinajstić information content (AvgIpc) is 3.35. The standard InChI is InChI=1S/C28H25N5O3S2/c29-13-17-3-2-6-22(12-17)33(28(31)34)21-9-7-19(8-10-21)24-15-37-26-23(14-32-27(30)25(24)26)20-5-1-4-18(11-20)16-38(35)36/h1-12,14-15,38H,13,16,29H2,(H2,30,32)(H2,31,34). The molecular weight excluding hydrogens is 518 g/mol. The second-order valence-corrected chi connectivity index (χ2v) is 10.6. The predicted molar refractivity (Wildman–Crippen MR) is 155 cm³/mol. The minimum atomic E-state index is -2.52. The van der Waals surface area contributed by atoms with Crippen LogP contribution in [0.25, 0.3) is 32.3 Å². The van der Waals surface area contributed by atoms with E-state index in [4.69, 9.17) is 17.2 Å². The van der Waals surface area contributed by atoms with Gasteiger partial charge in [0.2, 0.25) is 0 Å². The van der Waals surface area contributed by atoms with Gasteiger partial charge in [-0.2, -0.15) is 0 Å². The van der Waals surface area contributed by atoms with Crippen LogP contribution in [0.5, 0.6) is 0 Å². The normalized spacial score (nSPS) is 11.2. The smallest absolute Gasteiger partial charge is 0.323 e. The van der Waals surface area contributed by atoms with E-state index < -0.39 is 16.7 Å². The van der Waals surface area contributed by atoms with Crippen molar-refractivity contribution < 1.29 is 13.2 Å². The van der Waals surface area contributed by atoms with Crippen LogP contribution in [0.15, 0.2) is 84.4 Å². The van der Waals surface area contributed by atoms with E-state index in [2.05, 4.69) is 4.98 Å². The molecule has 5 aromatic rings. The number of fused-ring (bicyclic) bond motifs is 1. The summed E-state index contributed by atoms with van der Waals surface area (Å²) in [7, 11) is -2.52. The van der Waals surface area contributed by atoms with Gasteiger partial charge in [-0.15, -0.1) is 11.3 Å². The molecule has 5 rings (SSSR count). The molecule has 38 heavy (non-hydrogen) atoms. The van der Waals surface area contributed by atoms with Gasteiger partial charge in [-0.1, -0.05) is 48.5 Å². The molecule has 3 aromatic carbocycles. The summed E-state index contributed by atoms with van der Waals surface area (Å²) in [4.78, 5) is 18.2. The zero-order valence-corrected chi connectivity index (χ0v) is 21.9. The van der Waals surface area contributed by atoms with Crippen molar-refractivity contribution in [3.05, 3.63) is 95.5 Å². The van der Waals surface area contributed by atoms with Crippen molar-refractivity contribution in [3.8, 4) is 22.3 Å². The molecule has 2 amide bonds. The van der Waals surface area contributed by atoms with Gasteiger partial charge in [0, 0.05) is 34.0 Å². The molecule has 0 saturated carbocycles. The number of urea groups is 1. The van der Waals surface area contributed by atoms with Crippen LogP contribution in [0.2, 0.25) is 0 Å². The number of nitrogens with two attached hydrogens (primary N) is 3. The number of hydrogen-bond acceptors (Lipinski definition) is 7. The van der Waals surface area contributed by atoms with E-state index in [-0.39, 0.29) is 5.75 Å². The van der Waals surface area contributed by atoms with Crippen molar-refractivity contribution in [2.24, 2.45) is 11.5 Å². The Labute approximate surface area is 225 Å². The summed E-state index contributed by atoms with van der Waals surface area (Å²) in [6.07, 6.45) is 1.72. The zero-order chi connectivity index (χ0) is 26.8. The van der Waals surface area contributed by atoms with Crippen LogP contribution in [-0.2, 0) is 23.0 Å². The lowest BCUT2D eigenvalue weighted by atomic mass is 10.0. The average molecular weight is 544 g/mol. The van der Waals surface area contributed by atoms with Crippen LogP contribution in [0.3, 0.4) is 0 Å². The zero-order valence-electron chi connectivity index (χ0n) is 20.2. The maximum absolute atomic E-state index is 12.3. The van der Waals surface area contributed by atoms with E-state index in [1.165, 1.54) is 4.90 Å². The summed E-state index contributed by atoms with van der Waals surface area (Å²) in [6.45, 7) is 0.352. The Morgan fingerprint density at radius 1 is 0.895 bits per heavy atom. The summed E-state index contributed by atoms with van der Waals surface area (Å²) in [5.41, 5.74) is 24.3. The predicted octanol–water partition coefficient (Wildman–Crippen LogP) is 5.00. The molecule has 8 nitrogen and oxygen atoms in total. The number of amides is 2. The van der Waals surface area contributed by atoms with Gasteiger partial charge >= 0.3 is 6.03 Å². The van der Waals surface area contributed by atoms with Crippen molar-refractivity contribution in [1.29, 1.82) is 0 Å². The van der Waals surface area contributed by atoms with E-state index in [1.807, 2.05) is 72.1 Å². The van der Waals surface area contributed by atoms with Gasteiger partial charge in [-0.25, -0.2) is 18.2 Å². The first-order chi connectivity index (χ1) is 18.4. The fourth-order valence-electron chi connectivity index (χ4n) is 4.49. The first-order valence-electron chi connectivity index (χ1n) is 11.7. The monoisotopic (exact) mass is 543 g/mol. The second kappa shape index (κ2) is 10.6. The van der Waals surface area contributed by atoms with Crippen LogP contribution >= 0.6 is 11.3 Å². The van der Waals surface area contributed by atoms with E-state index in [0.717, 1.165) is 37.9 Å². The number of aromatic nitrogens is 1. The number of thiophene rings is 1. The molecule has 0 aliphatic carbocycles. The quantitative estimate of drug-likeness (QED) is 0.213. The van der Waals surface area contributed by atoms with Gasteiger partial charge in [0.1, 0.15) is 16.5 Å². The molecule has 0 atom stereocenters. The van der Waals surface area contributed by atoms with Crippen LogP contribution in [-0.4, -0.2) is 19.4 Å². The minimum Gasteiger partial charge on any atom is -0.383 e. The number of thiol groups is 1. The number of rotatable bonds is 7. The number of nitrogen functional groups attached to an aromatic ring is 1. The van der Waals surface area contributed by atoms with Crippen molar-refractivity contribution in [3.63, 3.8) is 0 Å². The van der Waals surface area contributed by atoms with Gasteiger partial charge in [-0.05, 0) is 51.9 Å². The Kier molecular flexibility index (Phi) is 7.10. The highest BCUT2D eigenvalue weighted by atomic mass is 32.2. The lowest BCUT2D eigenvalue weighted by Crippen LogP contribution is -2.31. The third kappa shape index (κ3) is 4.97. The highest BCUT2D eigenvalue weighted by Crippen LogP contribution is 2.42. The number of pyridine rings is 1. The second-order valence-electron chi connectivity index (χ2n) is 8.70. The van der Waals surface area contributed by atoms with Crippen molar-refractivity contribution in [2.45, 2.75) is 12.3 Å². The fraction of sp³-hybridized carbons (Fsp3) is 0.0714. The number of benzene rings is 3. The van der Waals surface area contributed by atoms with Gasteiger partial charge in [0.25, 0.3) is 0 Å². The Balaban J connectivity index is 1.54. The summed E-state index contributed by atoms with van der Waals surface area (Å²) >= 11 is 1.54. The Morgan fingerprint density at radius 3 is 2.34 bits per heavy atom. The molecule has 6 N–H and O–H groups in total. The van der Waals surface area contributed by atoms with E-state index in [1.54, 1.807) is 23.6 Å². The topological polar surface area (TPSA) is 145 Å². The summed E-state index contributed by atoms with van der Waals surface area (Å²) in [6, 6.07) is 21.7. The molecule has 2 heterocycles. The van der Waals surface area contributed by atoms with Crippen molar-refractivity contribution in [2.75, 3.05) is 10.6 Å². The number of hydrogen-bond donors (Lipinski definition) is 4. The third-order valence-electron chi connectivity index (χ3n) is 6.24. The van der Waals surface area contributed by atoms with Crippen LogP contribution in [0, 0.1) is 0 Å². The first-order valence-corrected chi connectivity index (χ1v) is 14.0. The maximum Gasteiger partial charge on any atom is 0.323 e. The molecule has 0 bridgehead atoms. The molecule has 192 valence electrons. The molecule has 0 fully saturated rings. The molecule has 2 aromatic heterocycles. The number of carbonyl (C=O) groups excluding carboxylic acids is 1. The van der Waals surface area contributed by atoms with E-state index in [0.29, 0.717) is 29.3 Å². The molecule has 0 aliphatic heterocycles. The highest BCUT2D eigenvalue weighted by Gasteiger charge is 2.18. The fourth-order valence-corrected chi connectivity index (χ4v) is 6.10. The van der Waals surface area contributed by atoms with Crippen molar-refractivity contribution >= 4 is 55.4 Å². The minimum absolute atomic E-state index is 0.0183. The van der Waals surface area contributed by atoms with Gasteiger partial charge < -0.3 is 17.2 Å². The molecule has 10 heteroatoms. The molecule has 0 aliphatic rings. The van der Waals surface area contributed by atoms with Crippen LogP contribution in [0.4, 0.5) is 22.0 Å². The van der Waals surface area contributed by atoms with Crippen molar-refractivity contribution in [1.82, 2.24) is 4.98 Å². The number of nitrogens with zero attached hydrogens (tertiary/aromatic N) is 2. The Hall–Kier alpha value is -4.25. The maximum atomic E-state index is 12.3. The van der Waals surface area contributed by atoms with Crippen LogP contribution < -0.4 is 22.1 Å². The van der Waals surface area contributed by atoms with Gasteiger partial charge in [-0.3, -0.25) is 4.90 Å². The summed E-state index contributed by atoms with van der Waals surface area (Å²) in [5.74, 6) is 0.385.